The Hall–Kier alpha value is -1.19. The molecule has 1 aromatic heterocycles. The summed E-state index contributed by atoms with van der Waals surface area (Å²) in [6.07, 6.45) is 0.845. The summed E-state index contributed by atoms with van der Waals surface area (Å²) in [4.78, 5) is 11.9. The molecule has 1 aromatic rings. The number of hydrogen-bond donors (Lipinski definition) is 1. The second kappa shape index (κ2) is 4.13. The standard InChI is InChI=1S/C11H21N3O/c1-7(2)6-9-10(12)11(15)14(8(3)4)13(9)5/h7-8H,6,12H2,1-5H3. The van der Waals surface area contributed by atoms with Crippen molar-refractivity contribution in [1.29, 1.82) is 0 Å². The van der Waals surface area contributed by atoms with Crippen LogP contribution in [0.15, 0.2) is 4.79 Å². The third kappa shape index (κ3) is 2.08. The normalized spacial score (nSPS) is 11.7. The Morgan fingerprint density at radius 1 is 1.27 bits per heavy atom. The Bertz CT molecular complexity index is 399. The molecule has 0 saturated carbocycles. The fourth-order valence-electron chi connectivity index (χ4n) is 1.90. The van der Waals surface area contributed by atoms with Crippen LogP contribution in [0.1, 0.15) is 39.4 Å². The summed E-state index contributed by atoms with van der Waals surface area (Å²) in [7, 11) is 1.90. The van der Waals surface area contributed by atoms with Gasteiger partial charge in [-0.2, -0.15) is 0 Å². The zero-order valence-corrected chi connectivity index (χ0v) is 10.2. The second-order valence-corrected chi connectivity index (χ2v) is 4.73. The van der Waals surface area contributed by atoms with Gasteiger partial charge in [-0.05, 0) is 26.2 Å². The summed E-state index contributed by atoms with van der Waals surface area (Å²) in [6.45, 7) is 8.22. The van der Waals surface area contributed by atoms with Gasteiger partial charge in [0.15, 0.2) is 0 Å². The van der Waals surface area contributed by atoms with E-state index in [1.165, 1.54) is 0 Å². The number of nitrogen functional groups attached to an aromatic ring is 1. The molecule has 0 aliphatic rings. The van der Waals surface area contributed by atoms with Gasteiger partial charge in [-0.15, -0.1) is 0 Å². The van der Waals surface area contributed by atoms with Gasteiger partial charge in [0.1, 0.15) is 5.69 Å². The van der Waals surface area contributed by atoms with Crippen molar-refractivity contribution in [3.05, 3.63) is 16.0 Å². The minimum absolute atomic E-state index is 0.0665. The fraction of sp³-hybridized carbons (Fsp3) is 0.727. The first kappa shape index (κ1) is 11.9. The third-order valence-electron chi connectivity index (χ3n) is 2.55. The third-order valence-corrected chi connectivity index (χ3v) is 2.55. The van der Waals surface area contributed by atoms with Crippen molar-refractivity contribution in [3.8, 4) is 0 Å². The molecule has 1 rings (SSSR count). The molecule has 0 saturated heterocycles. The predicted molar refractivity (Wildman–Crippen MR) is 63.0 cm³/mol. The molecule has 4 nitrogen and oxygen atoms in total. The fourth-order valence-corrected chi connectivity index (χ4v) is 1.90. The highest BCUT2D eigenvalue weighted by molar-refractivity contribution is 5.41. The Labute approximate surface area is 90.7 Å². The molecule has 0 aromatic carbocycles. The monoisotopic (exact) mass is 211 g/mol. The van der Waals surface area contributed by atoms with Gasteiger partial charge in [-0.3, -0.25) is 9.48 Å². The summed E-state index contributed by atoms with van der Waals surface area (Å²) in [5.41, 5.74) is 7.12. The zero-order valence-electron chi connectivity index (χ0n) is 10.2. The molecule has 0 unspecified atom stereocenters. The first-order valence-corrected chi connectivity index (χ1v) is 5.42. The minimum Gasteiger partial charge on any atom is -0.393 e. The van der Waals surface area contributed by atoms with Crippen LogP contribution < -0.4 is 11.3 Å². The smallest absolute Gasteiger partial charge is 0.290 e. The molecule has 0 fully saturated rings. The lowest BCUT2D eigenvalue weighted by molar-refractivity contribution is 0.422. The number of nitrogens with zero attached hydrogens (tertiary/aromatic N) is 2. The van der Waals surface area contributed by atoms with Gasteiger partial charge in [-0.25, -0.2) is 4.68 Å². The second-order valence-electron chi connectivity index (χ2n) is 4.73. The molecule has 1 heterocycles. The highest BCUT2D eigenvalue weighted by atomic mass is 16.1. The number of nitrogens with two attached hydrogens (primary N) is 1. The first-order chi connectivity index (χ1) is 6.86. The van der Waals surface area contributed by atoms with Gasteiger partial charge in [0.25, 0.3) is 5.56 Å². The highest BCUT2D eigenvalue weighted by Gasteiger charge is 2.17. The molecular formula is C11H21N3O. The van der Waals surface area contributed by atoms with Crippen molar-refractivity contribution in [2.24, 2.45) is 13.0 Å². The average molecular weight is 211 g/mol. The molecule has 0 atom stereocenters. The molecule has 0 bridgehead atoms. The SMILES string of the molecule is CC(C)Cc1c(N)c(=O)n(C(C)C)n1C. The zero-order chi connectivity index (χ0) is 11.7. The van der Waals surface area contributed by atoms with Crippen LogP contribution in [0.5, 0.6) is 0 Å². The van der Waals surface area contributed by atoms with E-state index in [1.807, 2.05) is 25.6 Å². The largest absolute Gasteiger partial charge is 0.393 e. The van der Waals surface area contributed by atoms with Gasteiger partial charge in [0.2, 0.25) is 0 Å². The summed E-state index contributed by atoms with van der Waals surface area (Å²) >= 11 is 0. The van der Waals surface area contributed by atoms with Gasteiger partial charge >= 0.3 is 0 Å². The molecule has 15 heavy (non-hydrogen) atoms. The van der Waals surface area contributed by atoms with Crippen LogP contribution in [0.2, 0.25) is 0 Å². The van der Waals surface area contributed by atoms with E-state index >= 15 is 0 Å². The Morgan fingerprint density at radius 2 is 1.80 bits per heavy atom. The molecule has 0 amide bonds. The average Bonchev–Trinajstić information content (AvgIpc) is 2.29. The minimum atomic E-state index is -0.0665. The lowest BCUT2D eigenvalue weighted by Crippen LogP contribution is -2.24. The maximum Gasteiger partial charge on any atom is 0.290 e. The van der Waals surface area contributed by atoms with Crippen molar-refractivity contribution in [1.82, 2.24) is 9.36 Å². The van der Waals surface area contributed by atoms with E-state index in [0.717, 1.165) is 12.1 Å². The van der Waals surface area contributed by atoms with E-state index in [-0.39, 0.29) is 11.6 Å². The first-order valence-electron chi connectivity index (χ1n) is 5.42. The number of rotatable bonds is 3. The number of hydrogen-bond acceptors (Lipinski definition) is 2. The van der Waals surface area contributed by atoms with Crippen LogP contribution >= 0.6 is 0 Å². The van der Waals surface area contributed by atoms with Gasteiger partial charge < -0.3 is 5.73 Å². The molecule has 86 valence electrons. The summed E-state index contributed by atoms with van der Waals surface area (Å²) in [5.74, 6) is 0.501. The van der Waals surface area contributed by atoms with Crippen molar-refractivity contribution in [2.75, 3.05) is 5.73 Å². The van der Waals surface area contributed by atoms with Crippen LogP contribution in [0.4, 0.5) is 5.69 Å². The van der Waals surface area contributed by atoms with Crippen LogP contribution in [0, 0.1) is 5.92 Å². The number of aromatic nitrogens is 2. The van der Waals surface area contributed by atoms with Crippen molar-refractivity contribution < 1.29 is 0 Å². The Balaban J connectivity index is 3.30. The van der Waals surface area contributed by atoms with Crippen molar-refractivity contribution in [2.45, 2.75) is 40.2 Å². The van der Waals surface area contributed by atoms with E-state index < -0.39 is 0 Å². The quantitative estimate of drug-likeness (QED) is 0.824. The lowest BCUT2D eigenvalue weighted by atomic mass is 10.1. The molecule has 2 N–H and O–H groups in total. The maximum atomic E-state index is 11.9. The lowest BCUT2D eigenvalue weighted by Gasteiger charge is -2.13. The summed E-state index contributed by atoms with van der Waals surface area (Å²) in [6, 6.07) is 0.144. The van der Waals surface area contributed by atoms with Gasteiger partial charge in [0, 0.05) is 13.1 Å². The van der Waals surface area contributed by atoms with E-state index in [1.54, 1.807) is 4.68 Å². The van der Waals surface area contributed by atoms with Crippen LogP contribution in [0.3, 0.4) is 0 Å². The summed E-state index contributed by atoms with van der Waals surface area (Å²) in [5, 5.41) is 0. The van der Waals surface area contributed by atoms with E-state index in [0.29, 0.717) is 11.6 Å². The van der Waals surface area contributed by atoms with Gasteiger partial charge in [0.05, 0.1) is 5.69 Å². The molecule has 4 heteroatoms. The van der Waals surface area contributed by atoms with E-state index in [9.17, 15) is 4.79 Å². The van der Waals surface area contributed by atoms with E-state index in [4.69, 9.17) is 5.73 Å². The van der Waals surface area contributed by atoms with Crippen molar-refractivity contribution in [3.63, 3.8) is 0 Å². The Morgan fingerprint density at radius 3 is 2.13 bits per heavy atom. The van der Waals surface area contributed by atoms with E-state index in [2.05, 4.69) is 13.8 Å². The molecule has 0 aliphatic heterocycles. The molecule has 0 radical (unpaired) electrons. The number of anilines is 1. The maximum absolute atomic E-state index is 11.9. The Kier molecular flexibility index (Phi) is 3.27. The summed E-state index contributed by atoms with van der Waals surface area (Å²) < 4.78 is 3.59. The molecular weight excluding hydrogens is 190 g/mol. The van der Waals surface area contributed by atoms with Crippen LogP contribution in [0.25, 0.3) is 0 Å². The predicted octanol–water partition coefficient (Wildman–Crippen LogP) is 1.55. The topological polar surface area (TPSA) is 53.0 Å². The van der Waals surface area contributed by atoms with Crippen molar-refractivity contribution >= 4 is 5.69 Å². The van der Waals surface area contributed by atoms with Crippen LogP contribution in [-0.2, 0) is 13.5 Å². The highest BCUT2D eigenvalue weighted by Crippen LogP contribution is 2.15. The van der Waals surface area contributed by atoms with Crippen LogP contribution in [-0.4, -0.2) is 9.36 Å². The molecule has 0 aliphatic carbocycles. The molecule has 0 spiro atoms. The van der Waals surface area contributed by atoms with Gasteiger partial charge in [-0.1, -0.05) is 13.8 Å².